The number of esters is 1. The van der Waals surface area contributed by atoms with Gasteiger partial charge in [-0.15, -0.1) is 0 Å². The molecular formula is C63H83F3N10O6. The number of nitrogens with zero attached hydrogens (tertiary/aromatic N) is 8. The SMILES string of the molecule is CO[C@@H](C)c1ncc(N2CCN(C3CC3)CC2)cc1-c1c2c3cc(ccc3n1CC(F)(F)F)-c1cccc(c1)C[C@H](NC(=O)[C@H](C(C)C)N1CC[C@]3(CCN(C(=O)[C@H]4[C@@H](C5CC5)N4C)C3)C1)C(=O)N1CCC[C@H](N1)C(=O)OCC(C)(C)C2. The monoisotopic (exact) mass is 1130 g/mol. The molecule has 2 N–H and O–H groups in total. The van der Waals surface area contributed by atoms with Crippen LogP contribution >= 0.6 is 0 Å². The van der Waals surface area contributed by atoms with Gasteiger partial charge in [0.05, 0.1) is 42.0 Å². The highest BCUT2D eigenvalue weighted by Gasteiger charge is 2.59. The molecule has 0 radical (unpaired) electrons. The molecule has 442 valence electrons. The lowest BCUT2D eigenvalue weighted by Gasteiger charge is -2.37. The average molecular weight is 1130 g/mol. The Hall–Kier alpha value is -5.60. The highest BCUT2D eigenvalue weighted by Crippen LogP contribution is 2.49. The van der Waals surface area contributed by atoms with E-state index in [0.717, 1.165) is 67.9 Å². The van der Waals surface area contributed by atoms with Gasteiger partial charge in [-0.1, -0.05) is 58.0 Å². The van der Waals surface area contributed by atoms with Gasteiger partial charge in [-0.3, -0.25) is 43.9 Å². The standard InChI is InChI=1S/C63H83F3N10O6/c1-38(2)53(73-22-19-62(34-73)20-23-74(35-62)59(79)56-54(70(56)6)41-13-14-41)57(77)68-50-29-40-10-8-11-42(28-40)43-15-18-51-46(30-43)48(32-61(4,5)37-82-60(80)49-12-9-21-76(69-49)58(50)78)55(75(51)36-63(64,65)66)47-31-45(33-67-52(47)39(3)81-7)72-26-24-71(25-27-72)44-16-17-44/h8,10-11,15,18,28,30-31,33,38-39,41,44,49-50,53-54,56,69H,9,12-14,16-17,19-27,29,32,34-37H2,1-7H3,(H,68,77)/t39-,49-,50-,53-,54+,56+,62-,70?/m0/s1. The summed E-state index contributed by atoms with van der Waals surface area (Å²) in [5, 5.41) is 5.33. The van der Waals surface area contributed by atoms with E-state index >= 15 is 18.0 Å². The van der Waals surface area contributed by atoms with Gasteiger partial charge in [0.1, 0.15) is 24.7 Å². The molecule has 7 fully saturated rings. The van der Waals surface area contributed by atoms with Gasteiger partial charge < -0.3 is 29.2 Å². The molecule has 19 heteroatoms. The van der Waals surface area contributed by atoms with E-state index in [2.05, 4.69) is 42.3 Å². The number of anilines is 1. The van der Waals surface area contributed by atoms with Gasteiger partial charge in [0.15, 0.2) is 0 Å². The van der Waals surface area contributed by atoms with Gasteiger partial charge >= 0.3 is 12.1 Å². The summed E-state index contributed by atoms with van der Waals surface area (Å²) >= 11 is 0. The summed E-state index contributed by atoms with van der Waals surface area (Å²) in [6.07, 6.45) is 4.54. The van der Waals surface area contributed by atoms with Crippen molar-refractivity contribution in [1.82, 2.24) is 44.9 Å². The third-order valence-corrected chi connectivity index (χ3v) is 19.5. The topological polar surface area (TPSA) is 148 Å². The largest absolute Gasteiger partial charge is 0.464 e. The number of fused-ring (bicyclic) bond motifs is 6. The summed E-state index contributed by atoms with van der Waals surface area (Å²) in [5.74, 6) is -0.392. The number of pyridine rings is 1. The molecule has 5 saturated heterocycles. The number of halogens is 3. The third-order valence-electron chi connectivity index (χ3n) is 19.5. The van der Waals surface area contributed by atoms with E-state index in [-0.39, 0.29) is 54.5 Å². The number of carbonyl (C=O) groups excluding carboxylic acids is 4. The molecule has 12 rings (SSSR count). The summed E-state index contributed by atoms with van der Waals surface area (Å²) in [7, 11) is 3.64. The Morgan fingerprint density at radius 1 is 0.915 bits per heavy atom. The molecule has 8 heterocycles. The number of likely N-dealkylation sites (tertiary alicyclic amines) is 2. The fourth-order valence-corrected chi connectivity index (χ4v) is 14.7. The molecule has 6 bridgehead atoms. The third kappa shape index (κ3) is 11.5. The van der Waals surface area contributed by atoms with Crippen molar-refractivity contribution in [3.63, 3.8) is 0 Å². The van der Waals surface area contributed by atoms with Crippen LogP contribution < -0.4 is 15.6 Å². The maximum absolute atomic E-state index is 15.2. The number of piperazine rings is 1. The molecule has 6 aliphatic heterocycles. The van der Waals surface area contributed by atoms with E-state index in [1.54, 1.807) is 13.2 Å². The number of cyclic esters (lactones) is 1. The lowest BCUT2D eigenvalue weighted by atomic mass is 9.84. The number of aromatic nitrogens is 2. The van der Waals surface area contributed by atoms with E-state index in [1.165, 1.54) is 35.3 Å². The minimum atomic E-state index is -4.60. The normalized spacial score (nSPS) is 28.2. The molecule has 8 atom stereocenters. The van der Waals surface area contributed by atoms with Crippen molar-refractivity contribution in [2.24, 2.45) is 22.7 Å². The zero-order valence-corrected chi connectivity index (χ0v) is 48.9. The van der Waals surface area contributed by atoms with E-state index in [9.17, 15) is 14.4 Å². The van der Waals surface area contributed by atoms with Gasteiger partial charge in [0.2, 0.25) is 11.8 Å². The first-order valence-corrected chi connectivity index (χ1v) is 30.3. The molecule has 1 spiro atoms. The van der Waals surface area contributed by atoms with Crippen LogP contribution in [0.15, 0.2) is 54.7 Å². The van der Waals surface area contributed by atoms with Crippen LogP contribution in [0.5, 0.6) is 0 Å². The molecule has 4 aromatic rings. The molecule has 2 aliphatic carbocycles. The summed E-state index contributed by atoms with van der Waals surface area (Å²) in [4.78, 5) is 74.4. The first kappa shape index (κ1) is 56.9. The zero-order chi connectivity index (χ0) is 57.6. The lowest BCUT2D eigenvalue weighted by molar-refractivity contribution is -0.155. The van der Waals surface area contributed by atoms with E-state index < -0.39 is 48.3 Å². The average Bonchev–Trinajstić information content (AvgIpc) is 3.05. The van der Waals surface area contributed by atoms with Crippen LogP contribution in [0.2, 0.25) is 0 Å². The highest BCUT2D eigenvalue weighted by atomic mass is 19.4. The van der Waals surface area contributed by atoms with Crippen molar-refractivity contribution in [1.29, 1.82) is 0 Å². The second-order valence-electron chi connectivity index (χ2n) is 26.6. The molecule has 2 saturated carbocycles. The Bertz CT molecular complexity index is 3100. The predicted molar refractivity (Wildman–Crippen MR) is 307 cm³/mol. The van der Waals surface area contributed by atoms with Crippen LogP contribution in [-0.2, 0) is 48.0 Å². The summed E-state index contributed by atoms with van der Waals surface area (Å²) in [6.45, 7) is 15.0. The molecule has 2 aromatic carbocycles. The number of hydrazine groups is 1. The van der Waals surface area contributed by atoms with Crippen LogP contribution in [0.1, 0.15) is 109 Å². The lowest BCUT2D eigenvalue weighted by Crippen LogP contribution is -2.62. The Balaban J connectivity index is 0.888. The molecule has 8 aliphatic rings. The minimum absolute atomic E-state index is 0.0175. The Morgan fingerprint density at radius 2 is 1.67 bits per heavy atom. The predicted octanol–water partition coefficient (Wildman–Crippen LogP) is 7.61. The highest BCUT2D eigenvalue weighted by molar-refractivity contribution is 5.96. The molecule has 1 unspecified atom stereocenters. The second-order valence-corrected chi connectivity index (χ2v) is 26.6. The van der Waals surface area contributed by atoms with Crippen LogP contribution in [-0.4, -0.2) is 180 Å². The molecular weight excluding hydrogens is 1050 g/mol. The fraction of sp³-hybridized carbons (Fsp3) is 0.635. The van der Waals surface area contributed by atoms with Crippen molar-refractivity contribution < 1.29 is 41.8 Å². The van der Waals surface area contributed by atoms with Crippen molar-refractivity contribution >= 4 is 40.3 Å². The first-order valence-electron chi connectivity index (χ1n) is 30.3. The zero-order valence-electron chi connectivity index (χ0n) is 48.9. The number of amides is 3. The van der Waals surface area contributed by atoms with E-state index in [1.807, 2.05) is 83.3 Å². The van der Waals surface area contributed by atoms with Gasteiger partial charge in [-0.25, -0.2) is 5.43 Å². The van der Waals surface area contributed by atoms with Gasteiger partial charge in [0, 0.05) is 105 Å². The molecule has 2 aromatic heterocycles. The number of ether oxygens (including phenoxy) is 2. The van der Waals surface area contributed by atoms with Crippen molar-refractivity contribution in [3.05, 3.63) is 71.5 Å². The molecule has 82 heavy (non-hydrogen) atoms. The number of carbonyl (C=O) groups is 4. The number of benzene rings is 2. The van der Waals surface area contributed by atoms with Crippen molar-refractivity contribution in [2.45, 2.75) is 154 Å². The maximum atomic E-state index is 15.2. The number of alkyl halides is 3. The number of nitrogens with one attached hydrogen (secondary N) is 2. The van der Waals surface area contributed by atoms with Gasteiger partial charge in [0.25, 0.3) is 5.91 Å². The number of likely N-dealkylation sites (N-methyl/N-ethyl adjacent to an activating group) is 1. The summed E-state index contributed by atoms with van der Waals surface area (Å²) in [6, 6.07) is 13.9. The maximum Gasteiger partial charge on any atom is 0.406 e. The van der Waals surface area contributed by atoms with E-state index in [4.69, 9.17) is 14.5 Å². The van der Waals surface area contributed by atoms with Gasteiger partial charge in [-0.2, -0.15) is 13.2 Å². The number of methoxy groups -OCH3 is 1. The van der Waals surface area contributed by atoms with Crippen LogP contribution in [0, 0.1) is 22.7 Å². The number of hydrogen-bond acceptors (Lipinski definition) is 12. The quantitative estimate of drug-likeness (QED) is 0.106. The molecule has 16 nitrogen and oxygen atoms in total. The van der Waals surface area contributed by atoms with Crippen LogP contribution in [0.3, 0.4) is 0 Å². The summed E-state index contributed by atoms with van der Waals surface area (Å²) < 4.78 is 59.1. The van der Waals surface area contributed by atoms with Gasteiger partial charge in [-0.05, 0) is 131 Å². The van der Waals surface area contributed by atoms with Crippen molar-refractivity contribution in [2.75, 3.05) is 84.6 Å². The first-order chi connectivity index (χ1) is 39.2. The Labute approximate surface area is 480 Å². The number of rotatable bonds is 12. The number of hydrogen-bond donors (Lipinski definition) is 2. The Morgan fingerprint density at radius 3 is 2.39 bits per heavy atom. The van der Waals surface area contributed by atoms with Crippen molar-refractivity contribution in [3.8, 4) is 22.4 Å². The molecule has 3 amide bonds. The minimum Gasteiger partial charge on any atom is -0.464 e. The fourth-order valence-electron chi connectivity index (χ4n) is 14.7. The summed E-state index contributed by atoms with van der Waals surface area (Å²) in [5.41, 5.74) is 7.98. The van der Waals surface area contributed by atoms with Crippen LogP contribution in [0.25, 0.3) is 33.3 Å². The Kier molecular flexibility index (Phi) is 15.3. The smallest absolute Gasteiger partial charge is 0.406 e. The van der Waals surface area contributed by atoms with Crippen LogP contribution in [0.4, 0.5) is 18.9 Å². The van der Waals surface area contributed by atoms with E-state index in [0.29, 0.717) is 90.4 Å². The second kappa shape index (κ2) is 22.1.